The molecular formula is C33H45ClN4O4S. The number of aryl methyl sites for hydroxylation is 1. The molecular weight excluding hydrogens is 584 g/mol. The second-order valence-electron chi connectivity index (χ2n) is 13.2. The molecule has 0 atom stereocenters. The van der Waals surface area contributed by atoms with E-state index in [4.69, 9.17) is 21.3 Å². The average Bonchev–Trinajstić information content (AvgIpc) is 3.55. The molecule has 2 aromatic heterocycles. The monoisotopic (exact) mass is 628 g/mol. The van der Waals surface area contributed by atoms with Gasteiger partial charge in [-0.1, -0.05) is 41.5 Å². The van der Waals surface area contributed by atoms with Crippen LogP contribution in [0.15, 0.2) is 18.2 Å². The van der Waals surface area contributed by atoms with Crippen molar-refractivity contribution in [3.63, 3.8) is 0 Å². The van der Waals surface area contributed by atoms with Gasteiger partial charge in [-0.05, 0) is 55.2 Å². The third-order valence-corrected chi connectivity index (χ3v) is 10.4. The fraction of sp³-hybridized carbons (Fsp3) is 0.576. The van der Waals surface area contributed by atoms with Crippen molar-refractivity contribution in [3.05, 3.63) is 50.6 Å². The van der Waals surface area contributed by atoms with Crippen molar-refractivity contribution in [1.29, 1.82) is 0 Å². The van der Waals surface area contributed by atoms with Gasteiger partial charge >= 0.3 is 5.97 Å². The summed E-state index contributed by atoms with van der Waals surface area (Å²) in [5.41, 5.74) is 4.72. The normalized spacial score (nSPS) is 14.8. The molecule has 1 saturated heterocycles. The van der Waals surface area contributed by atoms with Gasteiger partial charge in [0.15, 0.2) is 0 Å². The molecule has 0 bridgehead atoms. The number of ether oxygens (including phenoxy) is 1. The first-order valence-electron chi connectivity index (χ1n) is 15.0. The van der Waals surface area contributed by atoms with Crippen molar-refractivity contribution in [1.82, 2.24) is 19.7 Å². The quantitative estimate of drug-likeness (QED) is 0.205. The van der Waals surface area contributed by atoms with Crippen LogP contribution in [0.25, 0.3) is 11.3 Å². The standard InChI is InChI=1S/C33H45ClN4O4S/c1-9-33(6,7)25-16-22(15-24(30(25)41)32(3,4)5)29-26(18-34)43-31(35-29)21-10-12-37(13-11-21)27(39)19-38-20(2)14-23(36-38)17-28(40)42-8/h14-16,21,41H,9-13,17-19H2,1-8H3. The predicted octanol–water partition coefficient (Wildman–Crippen LogP) is 6.87. The topological polar surface area (TPSA) is 97.6 Å². The van der Waals surface area contributed by atoms with E-state index < -0.39 is 0 Å². The van der Waals surface area contributed by atoms with Crippen molar-refractivity contribution in [2.45, 2.75) is 103 Å². The van der Waals surface area contributed by atoms with Gasteiger partial charge in [0.05, 0.1) is 35.8 Å². The minimum absolute atomic E-state index is 0.0143. The maximum absolute atomic E-state index is 13.1. The second-order valence-corrected chi connectivity index (χ2v) is 14.6. The van der Waals surface area contributed by atoms with Gasteiger partial charge in [0.1, 0.15) is 12.3 Å². The van der Waals surface area contributed by atoms with Crippen LogP contribution in [-0.2, 0) is 44.0 Å². The van der Waals surface area contributed by atoms with E-state index in [1.165, 1.54) is 7.11 Å². The molecule has 3 heterocycles. The Labute approximate surface area is 264 Å². The maximum atomic E-state index is 13.1. The Morgan fingerprint density at radius 3 is 2.35 bits per heavy atom. The van der Waals surface area contributed by atoms with Gasteiger partial charge < -0.3 is 14.7 Å². The molecule has 1 N–H and O–H groups in total. The van der Waals surface area contributed by atoms with Gasteiger partial charge in [-0.3, -0.25) is 14.3 Å². The summed E-state index contributed by atoms with van der Waals surface area (Å²) in [6, 6.07) is 5.99. The molecule has 0 unspecified atom stereocenters. The zero-order valence-electron chi connectivity index (χ0n) is 26.7. The number of halogens is 1. The van der Waals surface area contributed by atoms with Gasteiger partial charge in [-0.15, -0.1) is 22.9 Å². The van der Waals surface area contributed by atoms with Crippen molar-refractivity contribution >= 4 is 34.8 Å². The van der Waals surface area contributed by atoms with Crippen molar-refractivity contribution in [2.75, 3.05) is 20.2 Å². The number of phenolic OH excluding ortho intramolecular Hbond substituents is 1. The summed E-state index contributed by atoms with van der Waals surface area (Å²) in [5.74, 6) is 0.636. The first-order valence-corrected chi connectivity index (χ1v) is 16.3. The number of hydrogen-bond donors (Lipinski definition) is 1. The van der Waals surface area contributed by atoms with Gasteiger partial charge in [0, 0.05) is 46.3 Å². The molecule has 1 aliphatic rings. The van der Waals surface area contributed by atoms with Crippen LogP contribution in [0.4, 0.5) is 0 Å². The fourth-order valence-electron chi connectivity index (χ4n) is 5.56. The number of nitrogens with zero attached hydrogens (tertiary/aromatic N) is 4. The summed E-state index contributed by atoms with van der Waals surface area (Å²) in [4.78, 5) is 32.8. The van der Waals surface area contributed by atoms with Crippen LogP contribution < -0.4 is 0 Å². The molecule has 1 amide bonds. The van der Waals surface area contributed by atoms with Gasteiger partial charge in [-0.25, -0.2) is 4.98 Å². The zero-order valence-corrected chi connectivity index (χ0v) is 28.3. The van der Waals surface area contributed by atoms with E-state index in [1.807, 2.05) is 17.9 Å². The highest BCUT2D eigenvalue weighted by molar-refractivity contribution is 7.12. The number of amides is 1. The number of esters is 1. The molecule has 43 heavy (non-hydrogen) atoms. The summed E-state index contributed by atoms with van der Waals surface area (Å²) in [6.45, 7) is 16.1. The number of piperidine rings is 1. The van der Waals surface area contributed by atoms with E-state index in [0.717, 1.165) is 57.2 Å². The third-order valence-electron chi connectivity index (χ3n) is 8.71. The molecule has 0 spiro atoms. The number of rotatable bonds is 9. The van der Waals surface area contributed by atoms with Crippen molar-refractivity contribution in [2.24, 2.45) is 0 Å². The molecule has 0 radical (unpaired) electrons. The molecule has 8 nitrogen and oxygen atoms in total. The Kier molecular flexibility index (Phi) is 9.96. The number of benzene rings is 1. The predicted molar refractivity (Wildman–Crippen MR) is 172 cm³/mol. The third kappa shape index (κ3) is 7.26. The Morgan fingerprint density at radius 1 is 1.12 bits per heavy atom. The van der Waals surface area contributed by atoms with Crippen LogP contribution in [0, 0.1) is 6.92 Å². The minimum Gasteiger partial charge on any atom is -0.507 e. The van der Waals surface area contributed by atoms with Gasteiger partial charge in [0.25, 0.3) is 0 Å². The van der Waals surface area contributed by atoms with E-state index in [9.17, 15) is 14.7 Å². The lowest BCUT2D eigenvalue weighted by atomic mass is 9.76. The van der Waals surface area contributed by atoms with Gasteiger partial charge in [-0.2, -0.15) is 5.10 Å². The average molecular weight is 629 g/mol. The number of carbonyl (C=O) groups excluding carboxylic acids is 2. The SMILES string of the molecule is CCC(C)(C)c1cc(-c2nc(C3CCN(C(=O)Cn4nc(CC(=O)OC)cc4C)CC3)sc2CCl)cc(C(C)(C)C)c1O. The summed E-state index contributed by atoms with van der Waals surface area (Å²) in [7, 11) is 1.35. The molecule has 1 aliphatic heterocycles. The van der Waals surface area contributed by atoms with E-state index in [-0.39, 0.29) is 41.6 Å². The number of aromatic nitrogens is 3. The molecule has 1 aromatic carbocycles. The number of thiazole rings is 1. The number of likely N-dealkylation sites (tertiary alicyclic amines) is 1. The Hall–Kier alpha value is -2.91. The Morgan fingerprint density at radius 2 is 1.77 bits per heavy atom. The summed E-state index contributed by atoms with van der Waals surface area (Å²) < 4.78 is 6.39. The molecule has 0 saturated carbocycles. The minimum atomic E-state index is -0.356. The molecule has 4 rings (SSSR count). The van der Waals surface area contributed by atoms with E-state index in [1.54, 1.807) is 16.0 Å². The molecule has 1 fully saturated rings. The van der Waals surface area contributed by atoms with Crippen molar-refractivity contribution < 1.29 is 19.4 Å². The van der Waals surface area contributed by atoms with Crippen LogP contribution in [0.5, 0.6) is 5.75 Å². The van der Waals surface area contributed by atoms with Gasteiger partial charge in [0.2, 0.25) is 5.91 Å². The lowest BCUT2D eigenvalue weighted by Gasteiger charge is -2.31. The summed E-state index contributed by atoms with van der Waals surface area (Å²) >= 11 is 8.14. The number of methoxy groups -OCH3 is 1. The number of aromatic hydroxyl groups is 1. The lowest BCUT2D eigenvalue weighted by molar-refractivity contribution is -0.139. The highest BCUT2D eigenvalue weighted by atomic mass is 35.5. The second kappa shape index (κ2) is 13.0. The van der Waals surface area contributed by atoms with E-state index >= 15 is 0 Å². The highest BCUT2D eigenvalue weighted by Gasteiger charge is 2.31. The largest absolute Gasteiger partial charge is 0.507 e. The number of phenols is 1. The van der Waals surface area contributed by atoms with E-state index in [2.05, 4.69) is 58.8 Å². The fourth-order valence-corrected chi connectivity index (χ4v) is 6.96. The number of hydrogen-bond acceptors (Lipinski definition) is 7. The van der Waals surface area contributed by atoms with E-state index in [0.29, 0.717) is 30.4 Å². The number of alkyl halides is 1. The van der Waals surface area contributed by atoms with Crippen LogP contribution >= 0.6 is 22.9 Å². The Balaban J connectivity index is 1.52. The Bertz CT molecular complexity index is 1480. The number of carbonyl (C=O) groups is 2. The van der Waals surface area contributed by atoms with Crippen LogP contribution in [0.3, 0.4) is 0 Å². The summed E-state index contributed by atoms with van der Waals surface area (Å²) in [5, 5.41) is 16.8. The highest BCUT2D eigenvalue weighted by Crippen LogP contribution is 2.45. The van der Waals surface area contributed by atoms with Crippen LogP contribution in [0.2, 0.25) is 0 Å². The van der Waals surface area contributed by atoms with Crippen LogP contribution in [0.1, 0.15) is 99.1 Å². The smallest absolute Gasteiger partial charge is 0.311 e. The molecule has 10 heteroatoms. The molecule has 234 valence electrons. The summed E-state index contributed by atoms with van der Waals surface area (Å²) in [6.07, 6.45) is 2.62. The van der Waals surface area contributed by atoms with Crippen LogP contribution in [-0.4, -0.2) is 56.8 Å². The molecule has 3 aromatic rings. The zero-order chi connectivity index (χ0) is 31.7. The first kappa shape index (κ1) is 33.0. The first-order chi connectivity index (χ1) is 20.2. The maximum Gasteiger partial charge on any atom is 0.311 e. The molecule has 0 aliphatic carbocycles. The lowest BCUT2D eigenvalue weighted by Crippen LogP contribution is -2.40. The van der Waals surface area contributed by atoms with Crippen molar-refractivity contribution in [3.8, 4) is 17.0 Å².